The lowest BCUT2D eigenvalue weighted by Gasteiger charge is -2.21. The molecule has 0 saturated heterocycles. The van der Waals surface area contributed by atoms with E-state index in [-0.39, 0.29) is 11.7 Å². The quantitative estimate of drug-likeness (QED) is 0.614. The summed E-state index contributed by atoms with van der Waals surface area (Å²) in [5.74, 6) is -0.105. The van der Waals surface area contributed by atoms with Crippen LogP contribution in [0.3, 0.4) is 0 Å². The van der Waals surface area contributed by atoms with E-state index in [1.807, 2.05) is 6.07 Å². The van der Waals surface area contributed by atoms with E-state index in [4.69, 9.17) is 4.74 Å². The molecule has 3 rings (SSSR count). The number of aryl methyl sites for hydroxylation is 1. The van der Waals surface area contributed by atoms with Gasteiger partial charge in [-0.2, -0.15) is 5.26 Å². The van der Waals surface area contributed by atoms with Gasteiger partial charge in [-0.15, -0.1) is 0 Å². The van der Waals surface area contributed by atoms with Gasteiger partial charge in [-0.3, -0.25) is 4.79 Å². The van der Waals surface area contributed by atoms with Gasteiger partial charge < -0.3 is 10.1 Å². The van der Waals surface area contributed by atoms with Crippen molar-refractivity contribution in [2.45, 2.75) is 31.2 Å². The summed E-state index contributed by atoms with van der Waals surface area (Å²) in [6.07, 6.45) is 2.92. The van der Waals surface area contributed by atoms with Gasteiger partial charge in [0, 0.05) is 5.69 Å². The van der Waals surface area contributed by atoms with Crippen molar-refractivity contribution in [3.05, 3.63) is 52.7 Å². The van der Waals surface area contributed by atoms with Crippen LogP contribution >= 0.6 is 11.8 Å². The standard InChI is InChI=1S/C21H21N3O3S/c1-13-7-8-17-14(9-13)10-15(11-22)20(24-17)28-12-19(25)23-18-6-4-3-5-16(18)21(26)27-2/h3-6,10,13H,7-9,12H2,1-2H3,(H,23,25). The molecule has 7 heteroatoms. The van der Waals surface area contributed by atoms with Crippen molar-refractivity contribution < 1.29 is 14.3 Å². The van der Waals surface area contributed by atoms with E-state index in [1.54, 1.807) is 24.3 Å². The number of para-hydroxylation sites is 1. The lowest BCUT2D eigenvalue weighted by molar-refractivity contribution is -0.113. The molecule has 1 unspecified atom stereocenters. The van der Waals surface area contributed by atoms with Gasteiger partial charge in [-0.1, -0.05) is 30.8 Å². The summed E-state index contributed by atoms with van der Waals surface area (Å²) in [5, 5.41) is 12.8. The van der Waals surface area contributed by atoms with Gasteiger partial charge in [0.05, 0.1) is 29.7 Å². The number of pyridine rings is 1. The van der Waals surface area contributed by atoms with Gasteiger partial charge in [-0.25, -0.2) is 9.78 Å². The maximum Gasteiger partial charge on any atom is 0.339 e. The molecule has 28 heavy (non-hydrogen) atoms. The summed E-state index contributed by atoms with van der Waals surface area (Å²) in [5.41, 5.74) is 3.35. The molecule has 0 radical (unpaired) electrons. The Morgan fingerprint density at radius 1 is 1.39 bits per heavy atom. The number of nitrogens with one attached hydrogen (secondary N) is 1. The van der Waals surface area contributed by atoms with Crippen LogP contribution in [0.25, 0.3) is 0 Å². The number of thioether (sulfide) groups is 1. The summed E-state index contributed by atoms with van der Waals surface area (Å²) in [6.45, 7) is 2.20. The topological polar surface area (TPSA) is 92.1 Å². The van der Waals surface area contributed by atoms with Gasteiger partial charge >= 0.3 is 5.97 Å². The first kappa shape index (κ1) is 19.9. The molecule has 0 fully saturated rings. The van der Waals surface area contributed by atoms with Gasteiger partial charge in [0.2, 0.25) is 5.91 Å². The second-order valence-electron chi connectivity index (χ2n) is 6.78. The zero-order valence-electron chi connectivity index (χ0n) is 15.8. The van der Waals surface area contributed by atoms with E-state index in [0.29, 0.717) is 27.8 Å². The third-order valence-corrected chi connectivity index (χ3v) is 5.66. The Hall–Kier alpha value is -2.85. The number of esters is 1. The molecule has 0 bridgehead atoms. The van der Waals surface area contributed by atoms with Crippen molar-refractivity contribution in [1.29, 1.82) is 5.26 Å². The highest BCUT2D eigenvalue weighted by Gasteiger charge is 2.20. The van der Waals surface area contributed by atoms with Crippen LogP contribution in [0.1, 0.15) is 40.5 Å². The highest BCUT2D eigenvalue weighted by atomic mass is 32.2. The number of amides is 1. The van der Waals surface area contributed by atoms with Crippen molar-refractivity contribution >= 4 is 29.3 Å². The molecule has 6 nitrogen and oxygen atoms in total. The lowest BCUT2D eigenvalue weighted by Crippen LogP contribution is -2.18. The van der Waals surface area contributed by atoms with E-state index >= 15 is 0 Å². The minimum Gasteiger partial charge on any atom is -0.465 e. The molecular weight excluding hydrogens is 374 g/mol. The third kappa shape index (κ3) is 4.52. The fraction of sp³-hybridized carbons (Fsp3) is 0.333. The summed E-state index contributed by atoms with van der Waals surface area (Å²) < 4.78 is 4.74. The van der Waals surface area contributed by atoms with Gasteiger partial charge in [0.25, 0.3) is 0 Å². The summed E-state index contributed by atoms with van der Waals surface area (Å²) in [6, 6.07) is 10.8. The maximum absolute atomic E-state index is 12.4. The third-order valence-electron chi connectivity index (χ3n) is 4.67. The molecule has 0 aliphatic heterocycles. The number of rotatable bonds is 5. The number of carbonyl (C=O) groups is 2. The minimum atomic E-state index is -0.513. The van der Waals surface area contributed by atoms with Crippen LogP contribution in [0.2, 0.25) is 0 Å². The van der Waals surface area contributed by atoms with Crippen LogP contribution in [-0.4, -0.2) is 29.7 Å². The normalized spacial score (nSPS) is 15.2. The van der Waals surface area contributed by atoms with Crippen molar-refractivity contribution in [1.82, 2.24) is 4.98 Å². The number of anilines is 1. The monoisotopic (exact) mass is 395 g/mol. The molecule has 144 valence electrons. The fourth-order valence-corrected chi connectivity index (χ4v) is 3.99. The molecule has 2 aromatic rings. The second kappa shape index (κ2) is 8.89. The number of aromatic nitrogens is 1. The molecule has 1 heterocycles. The Morgan fingerprint density at radius 3 is 2.93 bits per heavy atom. The van der Waals surface area contributed by atoms with Crippen LogP contribution in [0.4, 0.5) is 5.69 Å². The number of methoxy groups -OCH3 is 1. The van der Waals surface area contributed by atoms with Crippen LogP contribution < -0.4 is 5.32 Å². The van der Waals surface area contributed by atoms with Crippen LogP contribution in [-0.2, 0) is 22.4 Å². The molecule has 1 aliphatic carbocycles. The van der Waals surface area contributed by atoms with Crippen molar-refractivity contribution in [3.63, 3.8) is 0 Å². The number of hydrogen-bond donors (Lipinski definition) is 1. The summed E-state index contributed by atoms with van der Waals surface area (Å²) >= 11 is 1.23. The number of nitrogens with zero attached hydrogens (tertiary/aromatic N) is 2. The molecule has 1 N–H and O–H groups in total. The van der Waals surface area contributed by atoms with Gasteiger partial charge in [0.1, 0.15) is 11.1 Å². The van der Waals surface area contributed by atoms with Crippen LogP contribution in [0.5, 0.6) is 0 Å². The van der Waals surface area contributed by atoms with E-state index in [1.165, 1.54) is 18.9 Å². The zero-order valence-corrected chi connectivity index (χ0v) is 16.6. The first-order chi connectivity index (χ1) is 13.5. The number of ether oxygens (including phenoxy) is 1. The van der Waals surface area contributed by atoms with Crippen LogP contribution in [0.15, 0.2) is 35.4 Å². The Kier molecular flexibility index (Phi) is 6.32. The molecular formula is C21H21N3O3S. The van der Waals surface area contributed by atoms with E-state index in [0.717, 1.165) is 30.5 Å². The first-order valence-corrected chi connectivity index (χ1v) is 10.0. The Morgan fingerprint density at radius 2 is 2.18 bits per heavy atom. The number of hydrogen-bond acceptors (Lipinski definition) is 6. The predicted octanol–water partition coefficient (Wildman–Crippen LogP) is 3.60. The summed E-state index contributed by atoms with van der Waals surface area (Å²) in [7, 11) is 1.29. The molecule has 1 aliphatic rings. The van der Waals surface area contributed by atoms with Crippen LogP contribution in [0, 0.1) is 17.2 Å². The minimum absolute atomic E-state index is 0.0897. The molecule has 1 atom stereocenters. The zero-order chi connectivity index (χ0) is 20.1. The molecule has 1 amide bonds. The molecule has 0 spiro atoms. The lowest BCUT2D eigenvalue weighted by atomic mass is 9.87. The number of benzene rings is 1. The average molecular weight is 395 g/mol. The van der Waals surface area contributed by atoms with Crippen molar-refractivity contribution in [3.8, 4) is 6.07 Å². The molecule has 1 aromatic heterocycles. The van der Waals surface area contributed by atoms with E-state index < -0.39 is 5.97 Å². The van der Waals surface area contributed by atoms with Gasteiger partial charge in [0.15, 0.2) is 0 Å². The van der Waals surface area contributed by atoms with Gasteiger partial charge in [-0.05, 0) is 48.9 Å². The maximum atomic E-state index is 12.4. The Bertz CT molecular complexity index is 952. The largest absolute Gasteiger partial charge is 0.465 e. The molecule has 0 saturated carbocycles. The molecule has 1 aromatic carbocycles. The number of fused-ring (bicyclic) bond motifs is 1. The van der Waals surface area contributed by atoms with E-state index in [9.17, 15) is 14.9 Å². The van der Waals surface area contributed by atoms with Crippen molar-refractivity contribution in [2.75, 3.05) is 18.2 Å². The smallest absolute Gasteiger partial charge is 0.339 e. The second-order valence-corrected chi connectivity index (χ2v) is 7.74. The Balaban J connectivity index is 1.70. The number of carbonyl (C=O) groups excluding carboxylic acids is 2. The van der Waals surface area contributed by atoms with Crippen molar-refractivity contribution in [2.24, 2.45) is 5.92 Å². The average Bonchev–Trinajstić information content (AvgIpc) is 2.71. The van der Waals surface area contributed by atoms with E-state index in [2.05, 4.69) is 23.3 Å². The summed E-state index contributed by atoms with van der Waals surface area (Å²) in [4.78, 5) is 28.8. The number of nitriles is 1. The SMILES string of the molecule is COC(=O)c1ccccc1NC(=O)CSc1nc2c(cc1C#N)CC(C)CC2. The predicted molar refractivity (Wildman–Crippen MR) is 107 cm³/mol. The first-order valence-electron chi connectivity index (χ1n) is 9.04. The fourth-order valence-electron chi connectivity index (χ4n) is 3.22. The Labute approximate surface area is 168 Å². The highest BCUT2D eigenvalue weighted by Crippen LogP contribution is 2.29. The highest BCUT2D eigenvalue weighted by molar-refractivity contribution is 8.00.